The van der Waals surface area contributed by atoms with Crippen LogP contribution in [-0.4, -0.2) is 20.4 Å². The van der Waals surface area contributed by atoms with Gasteiger partial charge in [0.25, 0.3) is 0 Å². The second-order valence-corrected chi connectivity index (χ2v) is 10.2. The fourth-order valence-corrected chi connectivity index (χ4v) is 5.17. The van der Waals surface area contributed by atoms with Gasteiger partial charge >= 0.3 is 7.18 Å². The molecule has 0 heterocycles. The van der Waals surface area contributed by atoms with Gasteiger partial charge in [-0.3, -0.25) is 0 Å². The smallest absolute Gasteiger partial charge is 0.386 e. The molecule has 0 aliphatic heterocycles. The molecule has 0 spiro atoms. The third-order valence-corrected chi connectivity index (χ3v) is 7.24. The number of hydrogen-bond donors (Lipinski definition) is 0. The Bertz CT molecular complexity index is 146. The number of hydrogen-bond acceptors (Lipinski definition) is 2. The molecule has 98 valence electrons. The van der Waals surface area contributed by atoms with E-state index in [9.17, 15) is 0 Å². The first-order valence-electron chi connectivity index (χ1n) is 6.65. The van der Waals surface area contributed by atoms with Gasteiger partial charge in [0.2, 0.25) is 0 Å². The molecule has 0 amide bonds. The van der Waals surface area contributed by atoms with E-state index in [2.05, 4.69) is 36.1 Å². The molecule has 0 saturated carbocycles. The first kappa shape index (κ1) is 16.6. The van der Waals surface area contributed by atoms with Crippen molar-refractivity contribution in [2.24, 2.45) is 0 Å². The van der Waals surface area contributed by atoms with E-state index in [1.807, 2.05) is 0 Å². The van der Waals surface area contributed by atoms with Crippen LogP contribution >= 0.6 is 15.3 Å². The van der Waals surface area contributed by atoms with Gasteiger partial charge in [-0.2, -0.15) is 0 Å². The summed E-state index contributed by atoms with van der Waals surface area (Å²) in [7, 11) is -2.03. The highest BCUT2D eigenvalue weighted by Crippen LogP contribution is 2.24. The van der Waals surface area contributed by atoms with Crippen molar-refractivity contribution >= 4 is 22.5 Å². The van der Waals surface area contributed by atoms with E-state index in [4.69, 9.17) is 8.85 Å². The fourth-order valence-electron chi connectivity index (χ4n) is 1.31. The topological polar surface area (TPSA) is 18.5 Å². The molecule has 2 nitrogen and oxygen atoms in total. The summed E-state index contributed by atoms with van der Waals surface area (Å²) in [6, 6.07) is 1.07. The summed E-state index contributed by atoms with van der Waals surface area (Å²) in [6.45, 7) is 8.25. The summed E-state index contributed by atoms with van der Waals surface area (Å²) < 4.78 is 11.9. The average molecular weight is 311 g/mol. The van der Waals surface area contributed by atoms with E-state index >= 15 is 0 Å². The third kappa shape index (κ3) is 8.73. The Morgan fingerprint density at radius 2 is 1.25 bits per heavy atom. The minimum Gasteiger partial charge on any atom is -0.386 e. The summed E-state index contributed by atoms with van der Waals surface area (Å²) in [5.41, 5.74) is 0. The zero-order valence-electron chi connectivity index (χ0n) is 11.1. The summed E-state index contributed by atoms with van der Waals surface area (Å²) >= 11 is 3.74. The van der Waals surface area contributed by atoms with Gasteiger partial charge < -0.3 is 8.85 Å². The van der Waals surface area contributed by atoms with Crippen molar-refractivity contribution in [3.63, 3.8) is 0 Å². The van der Waals surface area contributed by atoms with Crippen molar-refractivity contribution < 1.29 is 8.85 Å². The van der Waals surface area contributed by atoms with Crippen molar-refractivity contribution in [1.29, 1.82) is 0 Å². The molecule has 0 aromatic rings. The van der Waals surface area contributed by atoms with Crippen LogP contribution in [0.4, 0.5) is 0 Å². The molecule has 0 rings (SSSR count). The van der Waals surface area contributed by atoms with Gasteiger partial charge in [0, 0.05) is 19.3 Å². The van der Waals surface area contributed by atoms with Crippen molar-refractivity contribution in [3.05, 3.63) is 0 Å². The van der Waals surface area contributed by atoms with Crippen LogP contribution in [0.3, 0.4) is 0 Å². The normalized spacial score (nSPS) is 12.0. The Labute approximate surface area is 110 Å². The largest absolute Gasteiger partial charge is 0.414 e. The molecular weight excluding hydrogens is 284 g/mol. The molecule has 0 fully saturated rings. The highest BCUT2D eigenvalue weighted by atomic mass is 79.9. The minimum absolute atomic E-state index is 0.837. The molecule has 0 aliphatic rings. The van der Waals surface area contributed by atoms with Gasteiger partial charge in [-0.25, -0.2) is 0 Å². The molecule has 0 aromatic heterocycles. The lowest BCUT2D eigenvalue weighted by Gasteiger charge is -2.24. The second-order valence-electron chi connectivity index (χ2n) is 4.17. The van der Waals surface area contributed by atoms with Gasteiger partial charge in [0.1, 0.15) is 0 Å². The van der Waals surface area contributed by atoms with E-state index < -0.39 is 7.18 Å². The highest BCUT2D eigenvalue weighted by molar-refractivity contribution is 9.25. The lowest BCUT2D eigenvalue weighted by Crippen LogP contribution is -2.36. The minimum atomic E-state index is -2.03. The lowest BCUT2D eigenvalue weighted by atomic mass is 10.4. The molecule has 0 bridgehead atoms. The maximum absolute atomic E-state index is 5.95. The zero-order chi connectivity index (χ0) is 12.3. The van der Waals surface area contributed by atoms with E-state index in [0.717, 1.165) is 32.1 Å². The lowest BCUT2D eigenvalue weighted by molar-refractivity contribution is 0.184. The molecule has 0 radical (unpaired) electrons. The van der Waals surface area contributed by atoms with Gasteiger partial charge in [0.05, 0.1) is 0 Å². The first-order valence-corrected chi connectivity index (χ1v) is 10.9. The Morgan fingerprint density at radius 1 is 0.812 bits per heavy atom. The Morgan fingerprint density at radius 3 is 1.62 bits per heavy atom. The summed E-state index contributed by atoms with van der Waals surface area (Å²) in [5.74, 6) is 0. The van der Waals surface area contributed by atoms with Crippen molar-refractivity contribution in [1.82, 2.24) is 0 Å². The predicted octanol–water partition coefficient (Wildman–Crippen LogP) is 4.75. The van der Waals surface area contributed by atoms with Crippen LogP contribution in [-0.2, 0) is 8.85 Å². The zero-order valence-corrected chi connectivity index (χ0v) is 13.6. The van der Waals surface area contributed by atoms with Gasteiger partial charge in [-0.15, -0.1) is 0 Å². The fraction of sp³-hybridized carbons (Fsp3) is 1.00. The molecule has 0 atom stereocenters. The Hall–Kier alpha value is 0.617. The summed E-state index contributed by atoms with van der Waals surface area (Å²) in [4.78, 5) is 0. The SMILES string of the molecule is CCCCO[Si](Br)(CCCC)OCCCC. The van der Waals surface area contributed by atoms with Crippen molar-refractivity contribution in [2.75, 3.05) is 13.2 Å². The van der Waals surface area contributed by atoms with Crippen LogP contribution in [0.25, 0.3) is 0 Å². The molecular formula is C12H27BrO2Si. The molecule has 0 aliphatic carbocycles. The van der Waals surface area contributed by atoms with Crippen molar-refractivity contribution in [2.45, 2.75) is 65.3 Å². The third-order valence-electron chi connectivity index (χ3n) is 2.46. The molecule has 16 heavy (non-hydrogen) atoms. The van der Waals surface area contributed by atoms with Gasteiger partial charge in [-0.05, 0) is 12.8 Å². The Kier molecular flexibility index (Phi) is 11.2. The van der Waals surface area contributed by atoms with E-state index in [1.54, 1.807) is 0 Å². The van der Waals surface area contributed by atoms with Crippen molar-refractivity contribution in [3.8, 4) is 0 Å². The predicted molar refractivity (Wildman–Crippen MR) is 76.1 cm³/mol. The highest BCUT2D eigenvalue weighted by Gasteiger charge is 2.33. The Balaban J connectivity index is 3.91. The van der Waals surface area contributed by atoms with Crippen LogP contribution in [0.15, 0.2) is 0 Å². The molecule has 4 heteroatoms. The number of unbranched alkanes of at least 4 members (excludes halogenated alkanes) is 3. The van der Waals surface area contributed by atoms with E-state index in [-0.39, 0.29) is 0 Å². The number of halogens is 1. The standard InChI is InChI=1S/C12H27BrO2Si/c1-4-7-10-14-16(13,12-9-6-3)15-11-8-5-2/h4-12H2,1-3H3. The monoisotopic (exact) mass is 310 g/mol. The van der Waals surface area contributed by atoms with Gasteiger partial charge in [-0.1, -0.05) is 61.7 Å². The first-order chi connectivity index (χ1) is 7.68. The second kappa shape index (κ2) is 10.8. The molecule has 0 aromatic carbocycles. The summed E-state index contributed by atoms with van der Waals surface area (Å²) in [6.07, 6.45) is 7.01. The van der Waals surface area contributed by atoms with Crippen LogP contribution in [0.5, 0.6) is 0 Å². The molecule has 0 N–H and O–H groups in total. The summed E-state index contributed by atoms with van der Waals surface area (Å²) in [5, 5.41) is 0. The average Bonchev–Trinajstić information content (AvgIpc) is 2.27. The molecule has 0 unspecified atom stereocenters. The van der Waals surface area contributed by atoms with Gasteiger partial charge in [0.15, 0.2) is 0 Å². The van der Waals surface area contributed by atoms with E-state index in [0.29, 0.717) is 0 Å². The van der Waals surface area contributed by atoms with Crippen LogP contribution < -0.4 is 0 Å². The van der Waals surface area contributed by atoms with Crippen LogP contribution in [0.2, 0.25) is 6.04 Å². The maximum atomic E-state index is 5.95. The molecule has 0 saturated heterocycles. The van der Waals surface area contributed by atoms with Crippen LogP contribution in [0, 0.1) is 0 Å². The van der Waals surface area contributed by atoms with E-state index in [1.165, 1.54) is 25.7 Å². The maximum Gasteiger partial charge on any atom is 0.414 e. The number of rotatable bonds is 11. The van der Waals surface area contributed by atoms with Crippen LogP contribution in [0.1, 0.15) is 59.3 Å². The quantitative estimate of drug-likeness (QED) is 0.311.